The zero-order valence-corrected chi connectivity index (χ0v) is 30.0. The van der Waals surface area contributed by atoms with Crippen molar-refractivity contribution in [2.75, 3.05) is 6.54 Å². The average Bonchev–Trinajstić information content (AvgIpc) is 3.78. The molecule has 9 aromatic rings. The molecule has 6 heteroatoms. The maximum atomic E-state index is 5.60. The van der Waals surface area contributed by atoms with Gasteiger partial charge in [-0.05, 0) is 59.3 Å². The van der Waals surface area contributed by atoms with Gasteiger partial charge in [0.25, 0.3) is 0 Å². The second-order valence-electron chi connectivity index (χ2n) is 13.7. The molecule has 0 spiro atoms. The molecule has 2 aromatic heterocycles. The molecule has 0 radical (unpaired) electrons. The zero-order chi connectivity index (χ0) is 35.5. The van der Waals surface area contributed by atoms with Crippen LogP contribution in [0.25, 0.3) is 63.5 Å². The van der Waals surface area contributed by atoms with Crippen LogP contribution >= 0.6 is 11.3 Å². The van der Waals surface area contributed by atoms with Crippen LogP contribution < -0.4 is 5.73 Å². The van der Waals surface area contributed by atoms with Crippen molar-refractivity contribution in [3.05, 3.63) is 168 Å². The Morgan fingerprint density at radius 3 is 2.25 bits per heavy atom. The van der Waals surface area contributed by atoms with Gasteiger partial charge in [0.2, 0.25) is 0 Å². The lowest BCUT2D eigenvalue weighted by molar-refractivity contribution is 0.684. The van der Waals surface area contributed by atoms with E-state index in [0.717, 1.165) is 22.7 Å². The van der Waals surface area contributed by atoms with Gasteiger partial charge in [-0.15, -0.1) is 11.3 Å². The van der Waals surface area contributed by atoms with Gasteiger partial charge >= 0.3 is 0 Å². The van der Waals surface area contributed by atoms with Crippen LogP contribution in [-0.4, -0.2) is 28.9 Å². The van der Waals surface area contributed by atoms with Crippen molar-refractivity contribution < 1.29 is 0 Å². The quantitative estimate of drug-likeness (QED) is 0.172. The molecule has 0 fully saturated rings. The third-order valence-corrected chi connectivity index (χ3v) is 11.8. The van der Waals surface area contributed by atoms with Crippen LogP contribution in [0.1, 0.15) is 35.7 Å². The molecule has 2 N–H and O–H groups in total. The average molecular weight is 702 g/mol. The summed E-state index contributed by atoms with van der Waals surface area (Å²) in [6.07, 6.45) is 5.07. The number of hydrogen-bond donors (Lipinski definition) is 1. The molecule has 0 bridgehead atoms. The second-order valence-corrected chi connectivity index (χ2v) is 14.7. The van der Waals surface area contributed by atoms with Crippen molar-refractivity contribution in [1.82, 2.24) is 4.57 Å². The maximum Gasteiger partial charge on any atom is 0.155 e. The first kappa shape index (κ1) is 31.4. The summed E-state index contributed by atoms with van der Waals surface area (Å²) in [5.74, 6) is 0.772. The zero-order valence-electron chi connectivity index (χ0n) is 29.1. The molecular formula is C47H35N5S. The summed E-state index contributed by atoms with van der Waals surface area (Å²) < 4.78 is 5.14. The van der Waals surface area contributed by atoms with E-state index in [1.54, 1.807) is 12.3 Å². The van der Waals surface area contributed by atoms with Crippen LogP contribution in [0.3, 0.4) is 0 Å². The number of hydrogen-bond acceptors (Lipinski definition) is 5. The summed E-state index contributed by atoms with van der Waals surface area (Å²) in [6.45, 7) is 2.70. The van der Waals surface area contributed by atoms with Gasteiger partial charge in [-0.3, -0.25) is 9.98 Å². The van der Waals surface area contributed by atoms with E-state index >= 15 is 0 Å². The Morgan fingerprint density at radius 1 is 0.736 bits per heavy atom. The van der Waals surface area contributed by atoms with Gasteiger partial charge in [0.15, 0.2) is 5.84 Å². The Kier molecular flexibility index (Phi) is 7.51. The minimum absolute atomic E-state index is 0.0211. The number of benzene rings is 7. The van der Waals surface area contributed by atoms with Gasteiger partial charge in [-0.1, -0.05) is 121 Å². The summed E-state index contributed by atoms with van der Waals surface area (Å²) in [5, 5.41) is 10.1. The molecule has 7 aromatic carbocycles. The monoisotopic (exact) mass is 701 g/mol. The lowest BCUT2D eigenvalue weighted by Gasteiger charge is -2.26. The molecule has 0 amide bonds. The van der Waals surface area contributed by atoms with Crippen LogP contribution in [0, 0.1) is 0 Å². The number of aromatic nitrogens is 1. The highest BCUT2D eigenvalue weighted by Crippen LogP contribution is 2.50. The van der Waals surface area contributed by atoms with E-state index in [1.807, 2.05) is 17.4 Å². The third-order valence-electron chi connectivity index (χ3n) is 10.6. The van der Waals surface area contributed by atoms with Crippen molar-refractivity contribution in [3.63, 3.8) is 0 Å². The first-order chi connectivity index (χ1) is 26.2. The fourth-order valence-electron chi connectivity index (χ4n) is 8.23. The minimum atomic E-state index is -0.141. The number of fused-ring (bicyclic) bond motifs is 12. The fraction of sp³-hybridized carbons (Fsp3) is 0.0851. The number of rotatable bonds is 6. The molecule has 0 saturated heterocycles. The molecule has 2 unspecified atom stereocenters. The number of thiophene rings is 1. The molecule has 3 heterocycles. The van der Waals surface area contributed by atoms with E-state index < -0.39 is 0 Å². The summed E-state index contributed by atoms with van der Waals surface area (Å²) >= 11 is 1.88. The topological polar surface area (TPSA) is 68.0 Å². The maximum absolute atomic E-state index is 5.60. The molecule has 5 nitrogen and oxygen atoms in total. The van der Waals surface area contributed by atoms with Crippen LogP contribution in [0.2, 0.25) is 0 Å². The molecule has 254 valence electrons. The van der Waals surface area contributed by atoms with Crippen LogP contribution in [0.5, 0.6) is 0 Å². The second kappa shape index (κ2) is 12.7. The largest absolute Gasteiger partial charge is 0.405 e. The van der Waals surface area contributed by atoms with Crippen LogP contribution in [0.15, 0.2) is 167 Å². The molecule has 0 saturated carbocycles. The van der Waals surface area contributed by atoms with Crippen molar-refractivity contribution >= 4 is 92.6 Å². The Balaban J connectivity index is 1.35. The predicted octanol–water partition coefficient (Wildman–Crippen LogP) is 11.6. The summed E-state index contributed by atoms with van der Waals surface area (Å²) in [5.41, 5.74) is 12.3. The summed E-state index contributed by atoms with van der Waals surface area (Å²) in [4.78, 5) is 15.4. The standard InChI is InChI=1S/C47H35N5S/c1-29(49-26-12-25-48)33-22-24-40-37(27-33)42-43-41-34-18-9-8-13-30(34)21-23-38(41)52(45(43)35-19-10-11-20-36(35)46(42)53-40)39-28-50-47(32-16-6-3-7-17-32)51-44(39)31-14-4-2-5-15-31/h2-27,29,39H,28,48H2,1H3/b25-12-,49-26?. The van der Waals surface area contributed by atoms with Crippen molar-refractivity contribution in [2.24, 2.45) is 20.7 Å². The predicted molar refractivity (Wildman–Crippen MR) is 227 cm³/mol. The van der Waals surface area contributed by atoms with Crippen molar-refractivity contribution in [2.45, 2.75) is 19.0 Å². The van der Waals surface area contributed by atoms with Gasteiger partial charge < -0.3 is 10.3 Å². The Labute approximate surface area is 310 Å². The van der Waals surface area contributed by atoms with Crippen LogP contribution in [0.4, 0.5) is 0 Å². The van der Waals surface area contributed by atoms with E-state index in [4.69, 9.17) is 20.7 Å². The van der Waals surface area contributed by atoms with Gasteiger partial charge in [0, 0.05) is 53.5 Å². The Morgan fingerprint density at radius 2 is 1.45 bits per heavy atom. The smallest absolute Gasteiger partial charge is 0.155 e. The first-order valence-corrected chi connectivity index (χ1v) is 18.9. The Hall–Kier alpha value is -6.37. The summed E-state index contributed by atoms with van der Waals surface area (Å²) in [6, 6.07) is 50.0. The molecule has 10 rings (SSSR count). The number of nitrogens with two attached hydrogens (primary N) is 1. The molecule has 1 aliphatic heterocycles. The van der Waals surface area contributed by atoms with Gasteiger partial charge in [0.05, 0.1) is 35.4 Å². The number of aliphatic imine (C=N–C) groups is 3. The lowest BCUT2D eigenvalue weighted by atomic mass is 9.96. The van der Waals surface area contributed by atoms with Crippen molar-refractivity contribution in [3.8, 4) is 0 Å². The van der Waals surface area contributed by atoms with E-state index in [2.05, 4.69) is 145 Å². The first-order valence-electron chi connectivity index (χ1n) is 18.1. The van der Waals surface area contributed by atoms with E-state index in [9.17, 15) is 0 Å². The lowest BCUT2D eigenvalue weighted by Crippen LogP contribution is -2.28. The number of nitrogens with zero attached hydrogens (tertiary/aromatic N) is 4. The van der Waals surface area contributed by atoms with Gasteiger partial charge in [-0.25, -0.2) is 4.99 Å². The molecule has 2 atom stereocenters. The fourth-order valence-corrected chi connectivity index (χ4v) is 9.45. The Bertz CT molecular complexity index is 3000. The normalized spacial score (nSPS) is 15.8. The highest BCUT2D eigenvalue weighted by atomic mass is 32.1. The molecule has 53 heavy (non-hydrogen) atoms. The number of allylic oxidation sites excluding steroid dienone is 1. The van der Waals surface area contributed by atoms with Crippen LogP contribution in [-0.2, 0) is 0 Å². The molecular weight excluding hydrogens is 667 g/mol. The summed E-state index contributed by atoms with van der Waals surface area (Å²) in [7, 11) is 0. The number of amidine groups is 1. The SMILES string of the molecule is CC(N=C/C=C\N)c1ccc2sc3c4ccccc4c4c(c3c2c1)c1c2ccccc2ccc1n4C1CN=C(c2ccccc2)N=C1c1ccccc1. The van der Waals surface area contributed by atoms with Gasteiger partial charge in [-0.2, -0.15) is 0 Å². The molecule has 0 aliphatic carbocycles. The van der Waals surface area contributed by atoms with E-state index in [1.165, 1.54) is 75.3 Å². The highest BCUT2D eigenvalue weighted by Gasteiger charge is 2.31. The van der Waals surface area contributed by atoms with Gasteiger partial charge in [0.1, 0.15) is 0 Å². The minimum Gasteiger partial charge on any atom is -0.405 e. The van der Waals surface area contributed by atoms with Crippen molar-refractivity contribution in [1.29, 1.82) is 0 Å². The highest BCUT2D eigenvalue weighted by molar-refractivity contribution is 7.27. The molecule has 1 aliphatic rings. The van der Waals surface area contributed by atoms with E-state index in [0.29, 0.717) is 6.54 Å². The third kappa shape index (κ3) is 5.01. The van der Waals surface area contributed by atoms with E-state index in [-0.39, 0.29) is 12.1 Å².